The summed E-state index contributed by atoms with van der Waals surface area (Å²) in [6.07, 6.45) is 0. The number of hydrogen-bond donors (Lipinski definition) is 0. The molecule has 1 aliphatic heterocycles. The fourth-order valence-electron chi connectivity index (χ4n) is 2.46. The summed E-state index contributed by atoms with van der Waals surface area (Å²) in [6, 6.07) is 16.1. The average Bonchev–Trinajstić information content (AvgIpc) is 2.67. The molecule has 0 aromatic heterocycles. The van der Waals surface area contributed by atoms with Crippen LogP contribution in [0.15, 0.2) is 63.9 Å². The average molecular weight is 368 g/mol. The van der Waals surface area contributed by atoms with Crippen molar-refractivity contribution in [2.45, 2.75) is 11.8 Å². The second-order valence-corrected chi connectivity index (χ2v) is 7.52. The first-order valence-corrected chi connectivity index (χ1v) is 9.80. The summed E-state index contributed by atoms with van der Waals surface area (Å²) in [7, 11) is -3.83. The molecule has 0 aliphatic carbocycles. The number of hydrogen-bond acceptors (Lipinski definition) is 3. The van der Waals surface area contributed by atoms with Crippen LogP contribution < -0.4 is 0 Å². The maximum absolute atomic E-state index is 12.7. The number of morpholine rings is 1. The number of benzene rings is 2. The van der Waals surface area contributed by atoms with E-state index in [0.29, 0.717) is 26.3 Å². The van der Waals surface area contributed by atoms with Gasteiger partial charge in [0.05, 0.1) is 18.1 Å². The molecule has 1 fully saturated rings. The summed E-state index contributed by atoms with van der Waals surface area (Å²) in [4.78, 5) is 2.01. The van der Waals surface area contributed by atoms with Crippen molar-refractivity contribution in [3.8, 4) is 11.8 Å². The first-order chi connectivity index (χ1) is 12.5. The number of sulfonamides is 1. The van der Waals surface area contributed by atoms with Crippen LogP contribution in [-0.4, -0.2) is 45.5 Å². The van der Waals surface area contributed by atoms with Crippen LogP contribution >= 0.6 is 0 Å². The van der Waals surface area contributed by atoms with Gasteiger partial charge in [-0.25, -0.2) is 0 Å². The van der Waals surface area contributed by atoms with Crippen molar-refractivity contribution >= 4 is 15.9 Å². The van der Waals surface area contributed by atoms with Gasteiger partial charge in [-0.05, 0) is 37.1 Å². The SMILES string of the molecule is Cc1ccc(S(=O)(=O)/N=C(/C#Cc2ccccc2)N2CCOCC2)cc1. The Morgan fingerprint density at radius 2 is 1.69 bits per heavy atom. The van der Waals surface area contributed by atoms with Crippen LogP contribution in [0.25, 0.3) is 0 Å². The Kier molecular flexibility index (Phi) is 5.71. The standard InChI is InChI=1S/C20H20N2O3S/c1-17-7-10-19(11-8-17)26(23,24)21-20(22-13-15-25-16-14-22)12-9-18-5-3-2-4-6-18/h2-8,10-11H,13-16H2,1H3/b21-20-. The maximum atomic E-state index is 12.7. The van der Waals surface area contributed by atoms with E-state index in [0.717, 1.165) is 11.1 Å². The quantitative estimate of drug-likeness (QED) is 0.464. The van der Waals surface area contributed by atoms with E-state index in [-0.39, 0.29) is 10.7 Å². The third kappa shape index (κ3) is 4.72. The van der Waals surface area contributed by atoms with E-state index in [4.69, 9.17) is 4.74 Å². The zero-order valence-electron chi connectivity index (χ0n) is 14.6. The molecule has 1 heterocycles. The normalized spacial score (nSPS) is 15.3. The molecular weight excluding hydrogens is 348 g/mol. The minimum Gasteiger partial charge on any atom is -0.378 e. The van der Waals surface area contributed by atoms with Crippen LogP contribution in [-0.2, 0) is 14.8 Å². The van der Waals surface area contributed by atoms with Gasteiger partial charge in [-0.2, -0.15) is 8.42 Å². The van der Waals surface area contributed by atoms with E-state index in [1.165, 1.54) is 0 Å². The molecule has 1 saturated heterocycles. The zero-order chi connectivity index (χ0) is 18.4. The molecule has 0 N–H and O–H groups in total. The van der Waals surface area contributed by atoms with Crippen LogP contribution in [0.2, 0.25) is 0 Å². The molecule has 3 rings (SSSR count). The van der Waals surface area contributed by atoms with Crippen molar-refractivity contribution in [3.05, 3.63) is 65.7 Å². The summed E-state index contributed by atoms with van der Waals surface area (Å²) < 4.78 is 34.8. The molecule has 1 aliphatic rings. The van der Waals surface area contributed by atoms with Gasteiger partial charge in [-0.15, -0.1) is 4.40 Å². The van der Waals surface area contributed by atoms with Crippen molar-refractivity contribution in [2.75, 3.05) is 26.3 Å². The highest BCUT2D eigenvalue weighted by Crippen LogP contribution is 2.14. The van der Waals surface area contributed by atoms with Crippen molar-refractivity contribution in [1.82, 2.24) is 4.90 Å². The van der Waals surface area contributed by atoms with E-state index in [2.05, 4.69) is 16.2 Å². The molecule has 0 unspecified atom stereocenters. The number of nitrogens with zero attached hydrogens (tertiary/aromatic N) is 2. The highest BCUT2D eigenvalue weighted by Gasteiger charge is 2.19. The van der Waals surface area contributed by atoms with Crippen LogP contribution in [0.4, 0.5) is 0 Å². The maximum Gasteiger partial charge on any atom is 0.284 e. The second-order valence-electron chi connectivity index (χ2n) is 5.92. The molecule has 0 spiro atoms. The number of aryl methyl sites for hydroxylation is 1. The van der Waals surface area contributed by atoms with Gasteiger partial charge in [0.25, 0.3) is 10.0 Å². The molecule has 2 aromatic rings. The molecule has 134 valence electrons. The van der Waals surface area contributed by atoms with Gasteiger partial charge in [0.1, 0.15) is 0 Å². The van der Waals surface area contributed by atoms with Gasteiger partial charge in [0.2, 0.25) is 0 Å². The first kappa shape index (κ1) is 18.2. The van der Waals surface area contributed by atoms with Crippen molar-refractivity contribution in [3.63, 3.8) is 0 Å². The van der Waals surface area contributed by atoms with E-state index in [1.54, 1.807) is 24.3 Å². The largest absolute Gasteiger partial charge is 0.378 e. The van der Waals surface area contributed by atoms with Crippen LogP contribution in [0.5, 0.6) is 0 Å². The zero-order valence-corrected chi connectivity index (χ0v) is 15.4. The Hall–Kier alpha value is -2.62. The molecule has 0 amide bonds. The molecule has 0 saturated carbocycles. The lowest BCUT2D eigenvalue weighted by Crippen LogP contribution is -2.40. The molecule has 0 bridgehead atoms. The van der Waals surface area contributed by atoms with E-state index < -0.39 is 10.0 Å². The van der Waals surface area contributed by atoms with E-state index >= 15 is 0 Å². The summed E-state index contributed by atoms with van der Waals surface area (Å²) in [5.74, 6) is 6.18. The summed E-state index contributed by atoms with van der Waals surface area (Å²) >= 11 is 0. The van der Waals surface area contributed by atoms with Crippen LogP contribution in [0.1, 0.15) is 11.1 Å². The molecular formula is C20H20N2O3S. The Bertz CT molecular complexity index is 934. The highest BCUT2D eigenvalue weighted by atomic mass is 32.2. The van der Waals surface area contributed by atoms with Crippen molar-refractivity contribution < 1.29 is 13.2 Å². The first-order valence-electron chi connectivity index (χ1n) is 8.36. The summed E-state index contributed by atoms with van der Waals surface area (Å²) in [6.45, 7) is 4.08. The molecule has 26 heavy (non-hydrogen) atoms. The molecule has 6 heteroatoms. The lowest BCUT2D eigenvalue weighted by atomic mass is 10.2. The van der Waals surface area contributed by atoms with Crippen LogP contribution in [0, 0.1) is 18.8 Å². The Morgan fingerprint density at radius 3 is 2.35 bits per heavy atom. The van der Waals surface area contributed by atoms with Gasteiger partial charge in [0.15, 0.2) is 5.84 Å². The lowest BCUT2D eigenvalue weighted by Gasteiger charge is -2.27. The Morgan fingerprint density at radius 1 is 1.04 bits per heavy atom. The predicted molar refractivity (Wildman–Crippen MR) is 102 cm³/mol. The lowest BCUT2D eigenvalue weighted by molar-refractivity contribution is 0.0687. The number of amidine groups is 1. The van der Waals surface area contributed by atoms with Gasteiger partial charge in [0, 0.05) is 18.7 Å². The molecule has 2 aromatic carbocycles. The van der Waals surface area contributed by atoms with Gasteiger partial charge in [-0.1, -0.05) is 41.8 Å². The summed E-state index contributed by atoms with van der Waals surface area (Å²) in [5.41, 5.74) is 1.80. The van der Waals surface area contributed by atoms with Gasteiger partial charge >= 0.3 is 0 Å². The van der Waals surface area contributed by atoms with Crippen LogP contribution in [0.3, 0.4) is 0 Å². The smallest absolute Gasteiger partial charge is 0.284 e. The van der Waals surface area contributed by atoms with Crippen molar-refractivity contribution in [2.24, 2.45) is 4.40 Å². The third-order valence-corrected chi connectivity index (χ3v) is 5.21. The van der Waals surface area contributed by atoms with E-state index in [1.807, 2.05) is 42.2 Å². The minimum atomic E-state index is -3.83. The topological polar surface area (TPSA) is 59.0 Å². The Balaban J connectivity index is 1.97. The molecule has 5 nitrogen and oxygen atoms in total. The number of rotatable bonds is 2. The number of ether oxygens (including phenoxy) is 1. The van der Waals surface area contributed by atoms with Crippen molar-refractivity contribution in [1.29, 1.82) is 0 Å². The van der Waals surface area contributed by atoms with E-state index in [9.17, 15) is 8.42 Å². The Labute approximate surface area is 154 Å². The predicted octanol–water partition coefficient (Wildman–Crippen LogP) is 2.47. The third-order valence-electron chi connectivity index (χ3n) is 3.93. The highest BCUT2D eigenvalue weighted by molar-refractivity contribution is 7.90. The summed E-state index contributed by atoms with van der Waals surface area (Å²) in [5, 5.41) is 0. The minimum absolute atomic E-state index is 0.162. The fourth-order valence-corrected chi connectivity index (χ4v) is 3.44. The molecule has 0 atom stereocenters. The fraction of sp³-hybridized carbons (Fsp3) is 0.250. The monoisotopic (exact) mass is 368 g/mol. The molecule has 0 radical (unpaired) electrons. The van der Waals surface area contributed by atoms with Gasteiger partial charge in [-0.3, -0.25) is 0 Å². The second kappa shape index (κ2) is 8.17. The van der Waals surface area contributed by atoms with Gasteiger partial charge < -0.3 is 9.64 Å².